The van der Waals surface area contributed by atoms with E-state index in [0.29, 0.717) is 12.3 Å². The quantitative estimate of drug-likeness (QED) is 0.830. The fourth-order valence-corrected chi connectivity index (χ4v) is 2.30. The Labute approximate surface area is 115 Å². The third kappa shape index (κ3) is 5.13. The van der Waals surface area contributed by atoms with Crippen LogP contribution >= 0.6 is 11.8 Å². The average molecular weight is 265 g/mol. The molecule has 100 valence electrons. The minimum absolute atomic E-state index is 0.138. The fourth-order valence-electron chi connectivity index (χ4n) is 1.52. The molecule has 0 aromatic heterocycles. The first-order valence-electron chi connectivity index (χ1n) is 6.22. The second-order valence-corrected chi connectivity index (χ2v) is 7.38. The number of nitrogens with zero attached hydrogens (tertiary/aromatic N) is 1. The van der Waals surface area contributed by atoms with Crippen LogP contribution in [-0.2, 0) is 11.3 Å². The van der Waals surface area contributed by atoms with Gasteiger partial charge < -0.3 is 4.90 Å². The van der Waals surface area contributed by atoms with Crippen LogP contribution in [-0.4, -0.2) is 28.4 Å². The minimum atomic E-state index is 0.138. The van der Waals surface area contributed by atoms with Gasteiger partial charge in [0.1, 0.15) is 0 Å². The Balaban J connectivity index is 2.53. The lowest BCUT2D eigenvalue weighted by Gasteiger charge is -2.22. The van der Waals surface area contributed by atoms with Crippen molar-refractivity contribution in [3.8, 4) is 0 Å². The number of thioether (sulfide) groups is 1. The maximum absolute atomic E-state index is 12.0. The molecule has 1 rings (SSSR count). The number of hydrogen-bond acceptors (Lipinski definition) is 2. The van der Waals surface area contributed by atoms with E-state index in [1.54, 1.807) is 16.7 Å². The van der Waals surface area contributed by atoms with E-state index in [9.17, 15) is 4.79 Å². The molecule has 1 amide bonds. The van der Waals surface area contributed by atoms with Crippen molar-refractivity contribution in [2.24, 2.45) is 0 Å². The smallest absolute Gasteiger partial charge is 0.232 e. The van der Waals surface area contributed by atoms with Crippen LogP contribution in [0.3, 0.4) is 0 Å². The van der Waals surface area contributed by atoms with Crippen LogP contribution in [0.1, 0.15) is 31.9 Å². The van der Waals surface area contributed by atoms with E-state index in [-0.39, 0.29) is 10.7 Å². The topological polar surface area (TPSA) is 20.3 Å². The molecule has 3 heteroatoms. The van der Waals surface area contributed by atoms with E-state index in [1.807, 2.05) is 19.2 Å². The van der Waals surface area contributed by atoms with Gasteiger partial charge in [0.15, 0.2) is 0 Å². The van der Waals surface area contributed by atoms with Gasteiger partial charge in [0.25, 0.3) is 0 Å². The molecule has 0 aliphatic rings. The second kappa shape index (κ2) is 6.28. The Bertz CT molecular complexity index is 409. The van der Waals surface area contributed by atoms with Crippen molar-refractivity contribution in [1.82, 2.24) is 4.90 Å². The summed E-state index contributed by atoms with van der Waals surface area (Å²) in [5.41, 5.74) is 2.45. The summed E-state index contributed by atoms with van der Waals surface area (Å²) in [6.07, 6.45) is 0. The molecule has 18 heavy (non-hydrogen) atoms. The summed E-state index contributed by atoms with van der Waals surface area (Å²) in [6.45, 7) is 9.17. The lowest BCUT2D eigenvalue weighted by atomic mass is 10.1. The van der Waals surface area contributed by atoms with Gasteiger partial charge in [0, 0.05) is 18.3 Å². The molecule has 0 spiro atoms. The summed E-state index contributed by atoms with van der Waals surface area (Å²) in [6, 6.07) is 8.20. The second-order valence-electron chi connectivity index (χ2n) is 5.58. The van der Waals surface area contributed by atoms with Gasteiger partial charge in [-0.05, 0) is 18.1 Å². The lowest BCUT2D eigenvalue weighted by molar-refractivity contribution is -0.127. The Kier molecular flexibility index (Phi) is 5.27. The number of rotatable bonds is 4. The van der Waals surface area contributed by atoms with Crippen LogP contribution < -0.4 is 0 Å². The standard InChI is InChI=1S/C15H23NOS/c1-12-8-6-7-9-13(12)10-16(5)14(17)11-18-15(2,3)4/h6-9H,10-11H2,1-5H3. The Morgan fingerprint density at radius 3 is 2.44 bits per heavy atom. The number of carbonyl (C=O) groups is 1. The van der Waals surface area contributed by atoms with E-state index in [1.165, 1.54) is 11.1 Å². The number of amides is 1. The first kappa shape index (κ1) is 15.1. The molecule has 0 aliphatic carbocycles. The molecule has 0 fully saturated rings. The number of aryl methyl sites for hydroxylation is 1. The van der Waals surface area contributed by atoms with Gasteiger partial charge in [-0.25, -0.2) is 0 Å². The van der Waals surface area contributed by atoms with Crippen LogP contribution in [0.25, 0.3) is 0 Å². The predicted octanol–water partition coefficient (Wildman–Crippen LogP) is 3.49. The van der Waals surface area contributed by atoms with E-state index in [2.05, 4.69) is 39.8 Å². The van der Waals surface area contributed by atoms with Crippen molar-refractivity contribution < 1.29 is 4.79 Å². The van der Waals surface area contributed by atoms with Crippen molar-refractivity contribution >= 4 is 17.7 Å². The molecule has 0 bridgehead atoms. The maximum Gasteiger partial charge on any atom is 0.232 e. The normalized spacial score (nSPS) is 11.4. The van der Waals surface area contributed by atoms with E-state index < -0.39 is 0 Å². The zero-order valence-corrected chi connectivity index (χ0v) is 12.8. The molecule has 0 atom stereocenters. The third-order valence-electron chi connectivity index (χ3n) is 2.72. The van der Waals surface area contributed by atoms with Gasteiger partial charge in [-0.3, -0.25) is 4.79 Å². The van der Waals surface area contributed by atoms with Crippen LogP contribution in [0.4, 0.5) is 0 Å². The first-order chi connectivity index (χ1) is 8.29. The molecule has 0 unspecified atom stereocenters. The predicted molar refractivity (Wildman–Crippen MR) is 79.9 cm³/mol. The van der Waals surface area contributed by atoms with Crippen LogP contribution in [0, 0.1) is 6.92 Å². The van der Waals surface area contributed by atoms with Gasteiger partial charge in [-0.1, -0.05) is 45.0 Å². The van der Waals surface area contributed by atoms with Gasteiger partial charge in [0.05, 0.1) is 5.75 Å². The molecule has 0 saturated heterocycles. The molecular weight excluding hydrogens is 242 g/mol. The molecule has 0 N–H and O–H groups in total. The van der Waals surface area contributed by atoms with E-state index in [4.69, 9.17) is 0 Å². The monoisotopic (exact) mass is 265 g/mol. The van der Waals surface area contributed by atoms with Crippen LogP contribution in [0.2, 0.25) is 0 Å². The molecule has 0 heterocycles. The van der Waals surface area contributed by atoms with Gasteiger partial charge in [-0.2, -0.15) is 0 Å². The first-order valence-corrected chi connectivity index (χ1v) is 7.20. The van der Waals surface area contributed by atoms with Crippen molar-refractivity contribution in [3.63, 3.8) is 0 Å². The molecule has 2 nitrogen and oxygen atoms in total. The van der Waals surface area contributed by atoms with Crippen LogP contribution in [0.15, 0.2) is 24.3 Å². The van der Waals surface area contributed by atoms with Crippen molar-refractivity contribution in [3.05, 3.63) is 35.4 Å². The summed E-state index contributed by atoms with van der Waals surface area (Å²) >= 11 is 1.69. The maximum atomic E-state index is 12.0. The zero-order valence-electron chi connectivity index (χ0n) is 12.0. The third-order valence-corrected chi connectivity index (χ3v) is 3.98. The lowest BCUT2D eigenvalue weighted by Crippen LogP contribution is -2.29. The summed E-state index contributed by atoms with van der Waals surface area (Å²) in [5, 5.41) is 0. The molecular formula is C15H23NOS. The molecule has 1 aromatic rings. The van der Waals surface area contributed by atoms with Crippen molar-refractivity contribution in [2.45, 2.75) is 39.0 Å². The Hall–Kier alpha value is -0.960. The minimum Gasteiger partial charge on any atom is -0.341 e. The highest BCUT2D eigenvalue weighted by Gasteiger charge is 2.16. The van der Waals surface area contributed by atoms with E-state index >= 15 is 0 Å². The van der Waals surface area contributed by atoms with Crippen molar-refractivity contribution in [2.75, 3.05) is 12.8 Å². The molecule has 0 saturated carbocycles. The molecule has 0 aliphatic heterocycles. The largest absolute Gasteiger partial charge is 0.341 e. The number of carbonyl (C=O) groups excluding carboxylic acids is 1. The Morgan fingerprint density at radius 1 is 1.28 bits per heavy atom. The van der Waals surface area contributed by atoms with Gasteiger partial charge >= 0.3 is 0 Å². The summed E-state index contributed by atoms with van der Waals surface area (Å²) in [5.74, 6) is 0.740. The number of benzene rings is 1. The highest BCUT2D eigenvalue weighted by atomic mass is 32.2. The average Bonchev–Trinajstić information content (AvgIpc) is 2.28. The highest BCUT2D eigenvalue weighted by molar-refractivity contribution is 8.01. The SMILES string of the molecule is Cc1ccccc1CN(C)C(=O)CSC(C)(C)C. The Morgan fingerprint density at radius 2 is 1.89 bits per heavy atom. The van der Waals surface area contributed by atoms with Gasteiger partial charge in [0.2, 0.25) is 5.91 Å². The summed E-state index contributed by atoms with van der Waals surface area (Å²) < 4.78 is 0.138. The highest BCUT2D eigenvalue weighted by Crippen LogP contribution is 2.23. The molecule has 0 radical (unpaired) electrons. The van der Waals surface area contributed by atoms with E-state index in [0.717, 1.165) is 0 Å². The summed E-state index contributed by atoms with van der Waals surface area (Å²) in [7, 11) is 1.87. The zero-order chi connectivity index (χ0) is 13.8. The van der Waals surface area contributed by atoms with Crippen LogP contribution in [0.5, 0.6) is 0 Å². The number of hydrogen-bond donors (Lipinski definition) is 0. The summed E-state index contributed by atoms with van der Waals surface area (Å²) in [4.78, 5) is 13.8. The van der Waals surface area contributed by atoms with Crippen molar-refractivity contribution in [1.29, 1.82) is 0 Å². The van der Waals surface area contributed by atoms with Gasteiger partial charge in [-0.15, -0.1) is 11.8 Å². The fraction of sp³-hybridized carbons (Fsp3) is 0.533. The molecule has 1 aromatic carbocycles.